The fraction of sp³-hybridized carbons (Fsp3) is 0.594. The molecule has 0 saturated carbocycles. The molecule has 0 aromatic heterocycles. The number of rotatable bonds is 5. The van der Waals surface area contributed by atoms with Crippen LogP contribution >= 0.6 is 0 Å². The third kappa shape index (κ3) is 4.31. The number of nitrogens with zero attached hydrogens (tertiary/aromatic N) is 2. The Morgan fingerprint density at radius 2 is 1.82 bits per heavy atom. The number of ether oxygens (including phenoxy) is 2. The number of aliphatic hydroxyl groups is 1. The van der Waals surface area contributed by atoms with Crippen LogP contribution in [0.3, 0.4) is 0 Å². The van der Waals surface area contributed by atoms with E-state index in [1.807, 2.05) is 77.1 Å². The number of aliphatic hydroxyl groups excluding tert-OH is 1. The lowest BCUT2D eigenvalue weighted by molar-refractivity contribution is -0.162. The number of carbonyl (C=O) groups is 3. The Bertz CT molecular complexity index is 1240. The number of carbonyl (C=O) groups excluding carboxylic acids is 3. The molecule has 216 valence electrons. The van der Waals surface area contributed by atoms with Gasteiger partial charge in [-0.05, 0) is 62.6 Å². The number of benzene rings is 1. The molecule has 0 bridgehead atoms. The molecule has 5 rings (SSSR count). The van der Waals surface area contributed by atoms with Gasteiger partial charge in [0.2, 0.25) is 5.91 Å². The number of esters is 1. The number of cyclic esters (lactones) is 1. The number of amides is 2. The van der Waals surface area contributed by atoms with Crippen molar-refractivity contribution in [2.45, 2.75) is 83.6 Å². The van der Waals surface area contributed by atoms with Gasteiger partial charge in [-0.15, -0.1) is 0 Å². The van der Waals surface area contributed by atoms with E-state index in [4.69, 9.17) is 9.47 Å². The number of aryl methyl sites for hydroxylation is 2. The number of hydrogen-bond donors (Lipinski definition) is 1. The zero-order chi connectivity index (χ0) is 28.8. The summed E-state index contributed by atoms with van der Waals surface area (Å²) in [6.07, 6.45) is 10.6. The second-order valence-corrected chi connectivity index (χ2v) is 12.1. The lowest BCUT2D eigenvalue weighted by atomic mass is 9.73. The highest BCUT2D eigenvalue weighted by molar-refractivity contribution is 6.06. The van der Waals surface area contributed by atoms with Crippen molar-refractivity contribution in [1.82, 2.24) is 4.90 Å². The molecule has 1 N–H and O–H groups in total. The number of likely N-dealkylation sites (tertiary alicyclic amines) is 1. The van der Waals surface area contributed by atoms with Gasteiger partial charge in [-0.25, -0.2) is 0 Å². The van der Waals surface area contributed by atoms with Crippen LogP contribution in [0.2, 0.25) is 0 Å². The lowest BCUT2D eigenvalue weighted by Crippen LogP contribution is -2.60. The Kier molecular flexibility index (Phi) is 7.70. The Morgan fingerprint density at radius 3 is 2.52 bits per heavy atom. The zero-order valence-corrected chi connectivity index (χ0v) is 24.3. The quantitative estimate of drug-likeness (QED) is 0.442. The Balaban J connectivity index is 1.72. The van der Waals surface area contributed by atoms with Crippen LogP contribution in [0.25, 0.3) is 0 Å². The molecule has 2 saturated heterocycles. The Hall–Kier alpha value is -2.97. The van der Waals surface area contributed by atoms with E-state index in [2.05, 4.69) is 0 Å². The molecule has 0 radical (unpaired) electrons. The minimum Gasteiger partial charge on any atom is -0.465 e. The molecule has 2 fully saturated rings. The van der Waals surface area contributed by atoms with E-state index >= 15 is 0 Å². The topological polar surface area (TPSA) is 96.4 Å². The zero-order valence-electron chi connectivity index (χ0n) is 24.3. The first-order valence-corrected chi connectivity index (χ1v) is 14.7. The summed E-state index contributed by atoms with van der Waals surface area (Å²) in [5.74, 6) is -3.09. The number of fused-ring (bicyclic) bond motifs is 2. The third-order valence-electron chi connectivity index (χ3n) is 9.29. The first-order chi connectivity index (χ1) is 19.1. The normalized spacial score (nSPS) is 33.8. The number of allylic oxidation sites excluding steroid dienone is 1. The van der Waals surface area contributed by atoms with Gasteiger partial charge in [-0.1, -0.05) is 57.2 Å². The second kappa shape index (κ2) is 10.8. The van der Waals surface area contributed by atoms with Crippen molar-refractivity contribution in [2.75, 3.05) is 24.7 Å². The maximum Gasteiger partial charge on any atom is 0.313 e. The van der Waals surface area contributed by atoms with E-state index in [1.54, 1.807) is 4.90 Å². The Labute approximate surface area is 237 Å². The van der Waals surface area contributed by atoms with Crippen LogP contribution in [0, 0.1) is 31.6 Å². The van der Waals surface area contributed by atoms with Gasteiger partial charge < -0.3 is 24.4 Å². The molecule has 6 atom stereocenters. The summed E-state index contributed by atoms with van der Waals surface area (Å²) in [7, 11) is 0. The van der Waals surface area contributed by atoms with Gasteiger partial charge in [0, 0.05) is 12.2 Å². The van der Waals surface area contributed by atoms with Crippen LogP contribution in [0.1, 0.15) is 57.6 Å². The van der Waals surface area contributed by atoms with Gasteiger partial charge in [0.05, 0.1) is 25.2 Å². The van der Waals surface area contributed by atoms with Gasteiger partial charge in [0.25, 0.3) is 5.91 Å². The van der Waals surface area contributed by atoms with E-state index < -0.39 is 41.1 Å². The summed E-state index contributed by atoms with van der Waals surface area (Å²) in [5.41, 5.74) is 0.251. The van der Waals surface area contributed by atoms with Crippen molar-refractivity contribution in [3.05, 3.63) is 53.6 Å². The van der Waals surface area contributed by atoms with Crippen molar-refractivity contribution in [3.63, 3.8) is 0 Å². The molecule has 40 heavy (non-hydrogen) atoms. The highest BCUT2D eigenvalue weighted by Crippen LogP contribution is 2.59. The fourth-order valence-electron chi connectivity index (χ4n) is 7.18. The maximum absolute atomic E-state index is 14.7. The summed E-state index contributed by atoms with van der Waals surface area (Å²) in [5, 5.41) is 10.5. The van der Waals surface area contributed by atoms with E-state index in [0.29, 0.717) is 13.0 Å². The summed E-state index contributed by atoms with van der Waals surface area (Å²) in [6.45, 7) is 10.0. The highest BCUT2D eigenvalue weighted by Gasteiger charge is 2.76. The maximum atomic E-state index is 14.7. The predicted octanol–water partition coefficient (Wildman–Crippen LogP) is 3.87. The third-order valence-corrected chi connectivity index (χ3v) is 9.29. The van der Waals surface area contributed by atoms with Crippen LogP contribution in [-0.4, -0.2) is 70.8 Å². The highest BCUT2D eigenvalue weighted by atomic mass is 16.6. The molecule has 0 aliphatic carbocycles. The van der Waals surface area contributed by atoms with Crippen molar-refractivity contribution < 1.29 is 29.0 Å². The molecule has 1 spiro atoms. The minimum atomic E-state index is -1.39. The van der Waals surface area contributed by atoms with E-state index in [1.165, 1.54) is 4.90 Å². The molecular formula is C32H42N2O6. The summed E-state index contributed by atoms with van der Waals surface area (Å²) in [4.78, 5) is 46.3. The molecule has 8 nitrogen and oxygen atoms in total. The second-order valence-electron chi connectivity index (χ2n) is 12.1. The minimum absolute atomic E-state index is 0.133. The van der Waals surface area contributed by atoms with E-state index in [-0.39, 0.29) is 30.9 Å². The number of hydrogen-bond acceptors (Lipinski definition) is 6. The summed E-state index contributed by atoms with van der Waals surface area (Å²) >= 11 is 0. The Morgan fingerprint density at radius 1 is 1.05 bits per heavy atom. The van der Waals surface area contributed by atoms with Crippen LogP contribution in [0.5, 0.6) is 0 Å². The average molecular weight is 551 g/mol. The van der Waals surface area contributed by atoms with E-state index in [0.717, 1.165) is 36.1 Å². The summed E-state index contributed by atoms with van der Waals surface area (Å²) < 4.78 is 12.8. The van der Waals surface area contributed by atoms with Gasteiger partial charge >= 0.3 is 5.97 Å². The predicted molar refractivity (Wildman–Crippen MR) is 152 cm³/mol. The first kappa shape index (κ1) is 28.6. The SMILES string of the molecule is CC[C@]12/C=C\CCCCOC(=O)[C@H]1[C@H]1C(=O)N([C@@H](CO)C(C)C)C3C(=O)N(c4cc(C)ccc4C)CC=C[C@@]31O2. The molecule has 4 aliphatic rings. The standard InChI is InChI=1S/C32H42N2O6/c1-6-31-14-9-7-8-10-17-39-30(38)26(31)25-28(36)34(24(19-35)20(2)3)27-29(37)33(16-11-15-32(25,27)40-31)23-18-21(4)12-13-22(23)5/h9,11-15,18,20,24-27,35H,6-8,10,16-17,19H2,1-5H3/b14-9-/t24-,25-,26+,27?,31-,32-/m0/s1. The molecule has 4 heterocycles. The number of anilines is 1. The van der Waals surface area contributed by atoms with Crippen LogP contribution < -0.4 is 4.90 Å². The molecule has 1 aromatic rings. The van der Waals surface area contributed by atoms with Crippen LogP contribution in [0.15, 0.2) is 42.5 Å². The van der Waals surface area contributed by atoms with Crippen molar-refractivity contribution in [1.29, 1.82) is 0 Å². The van der Waals surface area contributed by atoms with Gasteiger partial charge in [-0.2, -0.15) is 0 Å². The van der Waals surface area contributed by atoms with E-state index in [9.17, 15) is 19.5 Å². The van der Waals surface area contributed by atoms with Crippen LogP contribution in [-0.2, 0) is 23.9 Å². The molecule has 4 aliphatic heterocycles. The van der Waals surface area contributed by atoms with Gasteiger partial charge in [0.1, 0.15) is 23.2 Å². The molecular weight excluding hydrogens is 508 g/mol. The lowest BCUT2D eigenvalue weighted by Gasteiger charge is -2.42. The smallest absolute Gasteiger partial charge is 0.313 e. The molecule has 2 amide bonds. The first-order valence-electron chi connectivity index (χ1n) is 14.7. The molecule has 8 heteroatoms. The van der Waals surface area contributed by atoms with Gasteiger partial charge in [-0.3, -0.25) is 14.4 Å². The monoisotopic (exact) mass is 550 g/mol. The molecule has 1 aromatic carbocycles. The van der Waals surface area contributed by atoms with Crippen molar-refractivity contribution in [2.24, 2.45) is 17.8 Å². The van der Waals surface area contributed by atoms with Gasteiger partial charge in [0.15, 0.2) is 0 Å². The average Bonchev–Trinajstić information content (AvgIpc) is 3.28. The summed E-state index contributed by atoms with van der Waals surface area (Å²) in [6, 6.07) is 4.30. The molecule has 1 unspecified atom stereocenters. The van der Waals surface area contributed by atoms with Crippen LogP contribution in [0.4, 0.5) is 5.69 Å². The van der Waals surface area contributed by atoms with Crippen molar-refractivity contribution in [3.8, 4) is 0 Å². The fourth-order valence-corrected chi connectivity index (χ4v) is 7.18. The van der Waals surface area contributed by atoms with Crippen molar-refractivity contribution >= 4 is 23.5 Å². The largest absolute Gasteiger partial charge is 0.465 e.